The van der Waals surface area contributed by atoms with Crippen LogP contribution < -0.4 is 0 Å². The summed E-state index contributed by atoms with van der Waals surface area (Å²) >= 11 is 0. The van der Waals surface area contributed by atoms with E-state index in [1.807, 2.05) is 13.0 Å². The minimum Gasteiger partial charge on any atom is -0.341 e. The van der Waals surface area contributed by atoms with Crippen LogP contribution in [0.2, 0.25) is 0 Å². The molecule has 1 aliphatic rings. The second-order valence-electron chi connectivity index (χ2n) is 5.67. The Morgan fingerprint density at radius 1 is 1.57 bits per heavy atom. The van der Waals surface area contributed by atoms with Crippen LogP contribution in [0, 0.1) is 6.92 Å². The van der Waals surface area contributed by atoms with Gasteiger partial charge in [-0.25, -0.2) is 8.42 Å². The van der Waals surface area contributed by atoms with Crippen LogP contribution in [-0.2, 0) is 14.8 Å². The molecule has 1 N–H and O–H groups in total. The average molecular weight is 314 g/mol. The van der Waals surface area contributed by atoms with Crippen LogP contribution >= 0.6 is 0 Å². The SMILES string of the molecule is Cc1cc([C@H]2CCCN(C(=O)CN(C)S(C)(=O)=O)C2)n[nH]1. The number of likely N-dealkylation sites (N-methyl/N-ethyl adjacent to an activating group) is 1. The minimum absolute atomic E-state index is 0.106. The smallest absolute Gasteiger partial charge is 0.237 e. The van der Waals surface area contributed by atoms with Gasteiger partial charge in [0.1, 0.15) is 0 Å². The second-order valence-corrected chi connectivity index (χ2v) is 7.76. The quantitative estimate of drug-likeness (QED) is 0.867. The first kappa shape index (κ1) is 16.0. The predicted octanol–water partition coefficient (Wildman–Crippen LogP) is 0.316. The number of hydrogen-bond donors (Lipinski definition) is 1. The van der Waals surface area contributed by atoms with Crippen molar-refractivity contribution in [2.75, 3.05) is 32.9 Å². The lowest BCUT2D eigenvalue weighted by molar-refractivity contribution is -0.132. The second kappa shape index (κ2) is 6.15. The van der Waals surface area contributed by atoms with Crippen molar-refractivity contribution < 1.29 is 13.2 Å². The Kier molecular flexibility index (Phi) is 4.67. The lowest BCUT2D eigenvalue weighted by Gasteiger charge is -2.32. The van der Waals surface area contributed by atoms with Gasteiger partial charge in [0, 0.05) is 31.7 Å². The molecule has 7 nitrogen and oxygen atoms in total. The fourth-order valence-electron chi connectivity index (χ4n) is 2.50. The number of carbonyl (C=O) groups excluding carboxylic acids is 1. The van der Waals surface area contributed by atoms with Crippen molar-refractivity contribution in [1.29, 1.82) is 0 Å². The van der Waals surface area contributed by atoms with Gasteiger partial charge < -0.3 is 4.90 Å². The van der Waals surface area contributed by atoms with Crippen molar-refractivity contribution in [3.05, 3.63) is 17.5 Å². The third kappa shape index (κ3) is 4.04. The fourth-order valence-corrected chi connectivity index (χ4v) is 2.85. The minimum atomic E-state index is -3.33. The van der Waals surface area contributed by atoms with E-state index >= 15 is 0 Å². The molecule has 2 rings (SSSR count). The van der Waals surface area contributed by atoms with Gasteiger partial charge in [-0.3, -0.25) is 9.89 Å². The highest BCUT2D eigenvalue weighted by molar-refractivity contribution is 7.88. The first-order valence-corrected chi connectivity index (χ1v) is 8.83. The Balaban J connectivity index is 1.99. The molecule has 1 fully saturated rings. The van der Waals surface area contributed by atoms with Crippen molar-refractivity contribution in [2.45, 2.75) is 25.7 Å². The Labute approximate surface area is 125 Å². The third-order valence-electron chi connectivity index (χ3n) is 3.84. The van der Waals surface area contributed by atoms with Gasteiger partial charge in [-0.2, -0.15) is 9.40 Å². The number of carbonyl (C=O) groups is 1. The highest BCUT2D eigenvalue weighted by atomic mass is 32.2. The van der Waals surface area contributed by atoms with Gasteiger partial charge in [0.2, 0.25) is 15.9 Å². The van der Waals surface area contributed by atoms with Crippen LogP contribution in [0.3, 0.4) is 0 Å². The molecule has 0 spiro atoms. The van der Waals surface area contributed by atoms with Gasteiger partial charge in [-0.15, -0.1) is 0 Å². The highest BCUT2D eigenvalue weighted by Crippen LogP contribution is 2.26. The summed E-state index contributed by atoms with van der Waals surface area (Å²) in [6.45, 7) is 3.12. The number of nitrogens with zero attached hydrogens (tertiary/aromatic N) is 3. The molecule has 0 bridgehead atoms. The summed E-state index contributed by atoms with van der Waals surface area (Å²) in [5.41, 5.74) is 1.98. The summed E-state index contributed by atoms with van der Waals surface area (Å²) < 4.78 is 23.8. The highest BCUT2D eigenvalue weighted by Gasteiger charge is 2.27. The van der Waals surface area contributed by atoms with Gasteiger partial charge in [0.15, 0.2) is 0 Å². The first-order valence-electron chi connectivity index (χ1n) is 6.98. The van der Waals surface area contributed by atoms with Crippen LogP contribution in [0.5, 0.6) is 0 Å². The Bertz CT molecular complexity index is 611. The summed E-state index contributed by atoms with van der Waals surface area (Å²) in [6.07, 6.45) is 3.01. The first-order chi connectivity index (χ1) is 9.77. The molecule has 0 saturated carbocycles. The molecule has 1 aromatic heterocycles. The number of nitrogens with one attached hydrogen (secondary N) is 1. The van der Waals surface area contributed by atoms with Crippen LogP contribution in [0.1, 0.15) is 30.1 Å². The van der Waals surface area contributed by atoms with E-state index in [2.05, 4.69) is 10.2 Å². The van der Waals surface area contributed by atoms with E-state index < -0.39 is 10.0 Å². The normalized spacial score (nSPS) is 20.0. The number of hydrogen-bond acceptors (Lipinski definition) is 4. The molecule has 0 radical (unpaired) electrons. The number of aromatic amines is 1. The zero-order valence-electron chi connectivity index (χ0n) is 12.7. The molecule has 0 aliphatic carbocycles. The molecule has 8 heteroatoms. The molecular formula is C13H22N4O3S. The molecule has 2 heterocycles. The summed E-state index contributed by atoms with van der Waals surface area (Å²) in [7, 11) is -1.91. The number of aryl methyl sites for hydroxylation is 1. The molecule has 1 aromatic rings. The van der Waals surface area contributed by atoms with Gasteiger partial charge in [0.05, 0.1) is 18.5 Å². The summed E-state index contributed by atoms with van der Waals surface area (Å²) in [5, 5.41) is 7.19. The van der Waals surface area contributed by atoms with Crippen LogP contribution in [-0.4, -0.2) is 66.7 Å². The Morgan fingerprint density at radius 2 is 2.29 bits per heavy atom. The van der Waals surface area contributed by atoms with E-state index in [0.717, 1.165) is 34.8 Å². The lowest BCUT2D eigenvalue weighted by Crippen LogP contribution is -2.44. The van der Waals surface area contributed by atoms with Gasteiger partial charge >= 0.3 is 0 Å². The van der Waals surface area contributed by atoms with Crippen molar-refractivity contribution in [2.24, 2.45) is 0 Å². The molecule has 1 saturated heterocycles. The van der Waals surface area contributed by atoms with E-state index in [1.54, 1.807) is 4.90 Å². The molecule has 118 valence electrons. The molecule has 1 aliphatic heterocycles. The average Bonchev–Trinajstić information content (AvgIpc) is 2.84. The third-order valence-corrected chi connectivity index (χ3v) is 5.10. The van der Waals surface area contributed by atoms with E-state index in [-0.39, 0.29) is 18.4 Å². The van der Waals surface area contributed by atoms with E-state index in [1.165, 1.54) is 7.05 Å². The van der Waals surface area contributed by atoms with Crippen molar-refractivity contribution in [1.82, 2.24) is 19.4 Å². The number of likely N-dealkylation sites (tertiary alicyclic amines) is 1. The van der Waals surface area contributed by atoms with Gasteiger partial charge in [-0.1, -0.05) is 0 Å². The molecule has 0 unspecified atom stereocenters. The number of aromatic nitrogens is 2. The number of amides is 1. The van der Waals surface area contributed by atoms with E-state index in [4.69, 9.17) is 0 Å². The maximum Gasteiger partial charge on any atom is 0.237 e. The maximum atomic E-state index is 12.2. The fraction of sp³-hybridized carbons (Fsp3) is 0.692. The number of H-pyrrole nitrogens is 1. The topological polar surface area (TPSA) is 86.4 Å². The van der Waals surface area contributed by atoms with Gasteiger partial charge in [-0.05, 0) is 25.8 Å². The van der Waals surface area contributed by atoms with Crippen molar-refractivity contribution in [3.63, 3.8) is 0 Å². The molecular weight excluding hydrogens is 292 g/mol. The predicted molar refractivity (Wildman–Crippen MR) is 79.4 cm³/mol. The maximum absolute atomic E-state index is 12.2. The van der Waals surface area contributed by atoms with Crippen LogP contribution in [0.25, 0.3) is 0 Å². The van der Waals surface area contributed by atoms with Crippen molar-refractivity contribution in [3.8, 4) is 0 Å². The monoisotopic (exact) mass is 314 g/mol. The molecule has 21 heavy (non-hydrogen) atoms. The molecule has 0 aromatic carbocycles. The van der Waals surface area contributed by atoms with E-state index in [0.29, 0.717) is 13.1 Å². The zero-order valence-corrected chi connectivity index (χ0v) is 13.5. The van der Waals surface area contributed by atoms with Crippen molar-refractivity contribution >= 4 is 15.9 Å². The largest absolute Gasteiger partial charge is 0.341 e. The zero-order chi connectivity index (χ0) is 15.6. The molecule has 1 amide bonds. The summed E-state index contributed by atoms with van der Waals surface area (Å²) in [4.78, 5) is 14.0. The van der Waals surface area contributed by atoms with Gasteiger partial charge in [0.25, 0.3) is 0 Å². The summed E-state index contributed by atoms with van der Waals surface area (Å²) in [6, 6.07) is 2.00. The number of sulfonamides is 1. The molecule has 1 atom stereocenters. The Morgan fingerprint density at radius 3 is 2.86 bits per heavy atom. The summed E-state index contributed by atoms with van der Waals surface area (Å²) in [5.74, 6) is 0.0658. The number of rotatable bonds is 4. The van der Waals surface area contributed by atoms with Crippen LogP contribution in [0.15, 0.2) is 6.07 Å². The standard InChI is InChI=1S/C13H22N4O3S/c1-10-7-12(15-14-10)11-5-4-6-17(8-11)13(18)9-16(2)21(3,19)20/h7,11H,4-6,8-9H2,1-3H3,(H,14,15)/t11-/m0/s1. The van der Waals surface area contributed by atoms with E-state index in [9.17, 15) is 13.2 Å². The Hall–Kier alpha value is -1.41. The lowest BCUT2D eigenvalue weighted by atomic mass is 9.94. The van der Waals surface area contributed by atoms with Crippen LogP contribution in [0.4, 0.5) is 0 Å². The number of piperidine rings is 1.